The van der Waals surface area contributed by atoms with E-state index in [1.807, 2.05) is 12.1 Å². The number of allylic oxidation sites excluding steroid dienone is 1. The predicted molar refractivity (Wildman–Crippen MR) is 98.6 cm³/mol. The van der Waals surface area contributed by atoms with Crippen LogP contribution in [0.25, 0.3) is 0 Å². The van der Waals surface area contributed by atoms with Gasteiger partial charge in [-0.25, -0.2) is 4.39 Å². The van der Waals surface area contributed by atoms with Crippen LogP contribution in [0.2, 0.25) is 0 Å². The maximum Gasteiger partial charge on any atom is 0.222 e. The van der Waals surface area contributed by atoms with E-state index >= 15 is 0 Å². The zero-order valence-electron chi connectivity index (χ0n) is 15.0. The number of amides is 1. The maximum absolute atomic E-state index is 13.6. The molecule has 1 aromatic rings. The summed E-state index contributed by atoms with van der Waals surface area (Å²) in [5.41, 5.74) is 2.23. The molecule has 1 aliphatic heterocycles. The highest BCUT2D eigenvalue weighted by molar-refractivity contribution is 5.78. The Kier molecular flexibility index (Phi) is 6.62. The van der Waals surface area contributed by atoms with Gasteiger partial charge in [-0.15, -0.1) is 0 Å². The highest BCUT2D eigenvalue weighted by atomic mass is 19.1. The van der Waals surface area contributed by atoms with Crippen LogP contribution in [-0.4, -0.2) is 29.9 Å². The predicted octanol–water partition coefficient (Wildman–Crippen LogP) is 4.19. The number of nitrogens with zero attached hydrogens (tertiary/aromatic N) is 1. The van der Waals surface area contributed by atoms with Gasteiger partial charge in [0, 0.05) is 31.1 Å². The molecular weight excluding hydrogens is 315 g/mol. The number of hydrogen-bond acceptors (Lipinski definition) is 2. The Balaban J connectivity index is 1.42. The van der Waals surface area contributed by atoms with Crippen LogP contribution >= 0.6 is 0 Å². The molecule has 25 heavy (non-hydrogen) atoms. The van der Waals surface area contributed by atoms with Gasteiger partial charge in [-0.1, -0.05) is 29.8 Å². The Bertz CT molecular complexity index is 614. The van der Waals surface area contributed by atoms with Crippen LogP contribution in [0, 0.1) is 5.82 Å². The molecule has 0 bridgehead atoms. The summed E-state index contributed by atoms with van der Waals surface area (Å²) < 4.78 is 13.6. The van der Waals surface area contributed by atoms with Crippen molar-refractivity contribution in [2.45, 2.75) is 64.0 Å². The molecule has 1 heterocycles. The van der Waals surface area contributed by atoms with Gasteiger partial charge in [-0.2, -0.15) is 0 Å². The maximum atomic E-state index is 13.6. The molecule has 0 aromatic heterocycles. The van der Waals surface area contributed by atoms with Gasteiger partial charge in [0.05, 0.1) is 0 Å². The average molecular weight is 344 g/mol. The molecule has 136 valence electrons. The summed E-state index contributed by atoms with van der Waals surface area (Å²) in [6.45, 7) is 2.22. The molecule has 3 rings (SSSR count). The van der Waals surface area contributed by atoms with Crippen LogP contribution in [-0.2, 0) is 11.3 Å². The van der Waals surface area contributed by atoms with Gasteiger partial charge in [0.15, 0.2) is 0 Å². The van der Waals surface area contributed by atoms with Crippen molar-refractivity contribution in [2.75, 3.05) is 13.1 Å². The lowest BCUT2D eigenvalue weighted by Gasteiger charge is -2.26. The van der Waals surface area contributed by atoms with Crippen LogP contribution in [0.1, 0.15) is 56.9 Å². The second kappa shape index (κ2) is 9.14. The lowest BCUT2D eigenvalue weighted by atomic mass is 9.97. The minimum atomic E-state index is -0.159. The van der Waals surface area contributed by atoms with Crippen LogP contribution < -0.4 is 5.32 Å². The first-order chi connectivity index (χ1) is 12.2. The second-order valence-electron chi connectivity index (χ2n) is 7.19. The summed E-state index contributed by atoms with van der Waals surface area (Å²) in [4.78, 5) is 14.3. The van der Waals surface area contributed by atoms with Crippen molar-refractivity contribution in [3.63, 3.8) is 0 Å². The molecule has 2 aliphatic rings. The summed E-state index contributed by atoms with van der Waals surface area (Å²) in [6, 6.07) is 7.21. The Labute approximate surface area is 150 Å². The van der Waals surface area contributed by atoms with E-state index in [9.17, 15) is 9.18 Å². The lowest BCUT2D eigenvalue weighted by Crippen LogP contribution is -2.36. The number of likely N-dealkylation sites (tertiary alicyclic amines) is 1. The van der Waals surface area contributed by atoms with Gasteiger partial charge < -0.3 is 10.2 Å². The fourth-order valence-corrected chi connectivity index (χ4v) is 3.93. The van der Waals surface area contributed by atoms with Crippen molar-refractivity contribution in [3.05, 3.63) is 47.3 Å². The van der Waals surface area contributed by atoms with E-state index in [-0.39, 0.29) is 5.82 Å². The van der Waals surface area contributed by atoms with Gasteiger partial charge in [0.1, 0.15) is 5.82 Å². The summed E-state index contributed by atoms with van der Waals surface area (Å²) in [5.74, 6) is 0.143. The van der Waals surface area contributed by atoms with Gasteiger partial charge in [0.2, 0.25) is 5.91 Å². The lowest BCUT2D eigenvalue weighted by molar-refractivity contribution is -0.129. The standard InChI is InChI=1S/C21H29FN2O/c22-20-9-5-4-8-18(20)16-23-14-12-19-10-11-21(25)24(19)15-13-17-6-2-1-3-7-17/h4-6,8-9,19,23H,1-3,7,10-16H2. The molecule has 1 unspecified atom stereocenters. The summed E-state index contributed by atoms with van der Waals surface area (Å²) in [5, 5.41) is 3.32. The monoisotopic (exact) mass is 344 g/mol. The fraction of sp³-hybridized carbons (Fsp3) is 0.571. The number of carbonyl (C=O) groups is 1. The zero-order valence-corrected chi connectivity index (χ0v) is 15.0. The highest BCUT2D eigenvalue weighted by Crippen LogP contribution is 2.25. The smallest absolute Gasteiger partial charge is 0.222 e. The molecule has 1 saturated heterocycles. The molecule has 0 radical (unpaired) electrons. The van der Waals surface area contributed by atoms with E-state index in [4.69, 9.17) is 0 Å². The van der Waals surface area contributed by atoms with E-state index in [2.05, 4.69) is 16.3 Å². The van der Waals surface area contributed by atoms with Crippen LogP contribution in [0.5, 0.6) is 0 Å². The van der Waals surface area contributed by atoms with Crippen LogP contribution in [0.15, 0.2) is 35.9 Å². The Hall–Kier alpha value is -1.68. The first-order valence-electron chi connectivity index (χ1n) is 9.65. The summed E-state index contributed by atoms with van der Waals surface area (Å²) >= 11 is 0. The van der Waals surface area contributed by atoms with E-state index in [0.717, 1.165) is 32.4 Å². The molecule has 4 heteroatoms. The third kappa shape index (κ3) is 5.15. The molecule has 1 amide bonds. The van der Waals surface area contributed by atoms with Gasteiger partial charge in [-0.05, 0) is 57.6 Å². The minimum Gasteiger partial charge on any atom is -0.339 e. The molecule has 1 atom stereocenters. The third-order valence-electron chi connectivity index (χ3n) is 5.44. The first kappa shape index (κ1) is 18.1. The van der Waals surface area contributed by atoms with E-state index in [1.165, 1.54) is 37.3 Å². The molecule has 0 saturated carbocycles. The molecule has 1 N–H and O–H groups in total. The SMILES string of the molecule is O=C1CCC(CCNCc2ccccc2F)N1CCC1=CCCCC1. The van der Waals surface area contributed by atoms with Crippen molar-refractivity contribution < 1.29 is 9.18 Å². The molecule has 1 aromatic carbocycles. The Morgan fingerprint density at radius 1 is 1.20 bits per heavy atom. The largest absolute Gasteiger partial charge is 0.339 e. The highest BCUT2D eigenvalue weighted by Gasteiger charge is 2.30. The first-order valence-corrected chi connectivity index (χ1v) is 9.65. The third-order valence-corrected chi connectivity index (χ3v) is 5.44. The zero-order chi connectivity index (χ0) is 17.5. The van der Waals surface area contributed by atoms with Crippen molar-refractivity contribution in [1.29, 1.82) is 0 Å². The number of nitrogens with one attached hydrogen (secondary N) is 1. The number of hydrogen-bond donors (Lipinski definition) is 1. The molecular formula is C21H29FN2O. The quantitative estimate of drug-likeness (QED) is 0.566. The molecule has 1 fully saturated rings. The number of carbonyl (C=O) groups excluding carboxylic acids is 1. The average Bonchev–Trinajstić information content (AvgIpc) is 2.99. The van der Waals surface area contributed by atoms with Crippen molar-refractivity contribution in [1.82, 2.24) is 10.2 Å². The van der Waals surface area contributed by atoms with E-state index in [1.54, 1.807) is 6.07 Å². The fourth-order valence-electron chi connectivity index (χ4n) is 3.93. The van der Waals surface area contributed by atoms with E-state index < -0.39 is 0 Å². The van der Waals surface area contributed by atoms with Gasteiger partial charge in [-0.3, -0.25) is 4.79 Å². The molecule has 1 aliphatic carbocycles. The van der Waals surface area contributed by atoms with Crippen molar-refractivity contribution >= 4 is 5.91 Å². The van der Waals surface area contributed by atoms with Crippen molar-refractivity contribution in [2.24, 2.45) is 0 Å². The van der Waals surface area contributed by atoms with Crippen molar-refractivity contribution in [3.8, 4) is 0 Å². The van der Waals surface area contributed by atoms with Crippen LogP contribution in [0.3, 0.4) is 0 Å². The van der Waals surface area contributed by atoms with E-state index in [0.29, 0.717) is 30.5 Å². The number of benzene rings is 1. The molecule has 3 nitrogen and oxygen atoms in total. The van der Waals surface area contributed by atoms with Gasteiger partial charge in [0.25, 0.3) is 0 Å². The topological polar surface area (TPSA) is 32.3 Å². The van der Waals surface area contributed by atoms with Crippen LogP contribution in [0.4, 0.5) is 4.39 Å². The minimum absolute atomic E-state index is 0.159. The summed E-state index contributed by atoms with van der Waals surface area (Å²) in [7, 11) is 0. The second-order valence-corrected chi connectivity index (χ2v) is 7.19. The Morgan fingerprint density at radius 2 is 2.08 bits per heavy atom. The Morgan fingerprint density at radius 3 is 2.88 bits per heavy atom. The van der Waals surface area contributed by atoms with Gasteiger partial charge >= 0.3 is 0 Å². The molecule has 0 spiro atoms. The number of halogens is 1. The number of rotatable bonds is 8. The normalized spacial score (nSPS) is 20.8. The summed E-state index contributed by atoms with van der Waals surface area (Å²) in [6.07, 6.45) is 11.0.